The fourth-order valence-electron chi connectivity index (χ4n) is 1.83. The van der Waals surface area contributed by atoms with Gasteiger partial charge in [-0.1, -0.05) is 6.92 Å². The van der Waals surface area contributed by atoms with Gasteiger partial charge in [0.2, 0.25) is 0 Å². The maximum absolute atomic E-state index is 7.26. The van der Waals surface area contributed by atoms with Crippen LogP contribution in [0.25, 0.3) is 0 Å². The molecule has 2 unspecified atom stereocenters. The zero-order valence-electron chi connectivity index (χ0n) is 9.71. The number of ether oxygens (including phenoxy) is 1. The molecular formula is C10H23N3O. The molecule has 4 nitrogen and oxygen atoms in total. The van der Waals surface area contributed by atoms with E-state index in [0.29, 0.717) is 18.5 Å². The number of methoxy groups -OCH3 is 1. The minimum absolute atomic E-state index is 0.251. The van der Waals surface area contributed by atoms with Crippen LogP contribution < -0.4 is 5.73 Å². The minimum atomic E-state index is 0.251. The van der Waals surface area contributed by atoms with Crippen molar-refractivity contribution < 1.29 is 4.74 Å². The molecule has 0 aromatic carbocycles. The highest BCUT2D eigenvalue weighted by Crippen LogP contribution is 2.08. The highest BCUT2D eigenvalue weighted by Gasteiger charge is 2.18. The molecule has 0 aliphatic heterocycles. The summed E-state index contributed by atoms with van der Waals surface area (Å²) in [6, 6.07) is 0.682. The summed E-state index contributed by atoms with van der Waals surface area (Å²) in [6.07, 6.45) is 0.627. The summed E-state index contributed by atoms with van der Waals surface area (Å²) in [5.74, 6) is 0.251. The Morgan fingerprint density at radius 2 is 2.00 bits per heavy atom. The first-order valence-electron chi connectivity index (χ1n) is 5.10. The SMILES string of the molecule is CCN(C(C)COC)C(C)CC(=N)N. The van der Waals surface area contributed by atoms with Gasteiger partial charge in [0.05, 0.1) is 12.4 Å². The number of hydrogen-bond acceptors (Lipinski definition) is 3. The van der Waals surface area contributed by atoms with Crippen molar-refractivity contribution in [2.45, 2.75) is 39.3 Å². The van der Waals surface area contributed by atoms with Crippen LogP contribution in [0.15, 0.2) is 0 Å². The first-order valence-corrected chi connectivity index (χ1v) is 5.10. The number of amidine groups is 1. The summed E-state index contributed by atoms with van der Waals surface area (Å²) < 4.78 is 5.11. The molecule has 0 bridgehead atoms. The van der Waals surface area contributed by atoms with Gasteiger partial charge in [-0.25, -0.2) is 0 Å². The molecule has 4 heteroatoms. The number of nitrogens with zero attached hydrogens (tertiary/aromatic N) is 1. The molecule has 0 aliphatic rings. The summed E-state index contributed by atoms with van der Waals surface area (Å²) in [6.45, 7) is 8.01. The number of likely N-dealkylation sites (N-methyl/N-ethyl adjacent to an activating group) is 1. The van der Waals surface area contributed by atoms with Crippen LogP contribution in [0.3, 0.4) is 0 Å². The van der Waals surface area contributed by atoms with Crippen LogP contribution in [0, 0.1) is 5.41 Å². The van der Waals surface area contributed by atoms with Gasteiger partial charge in [0, 0.05) is 25.6 Å². The molecule has 2 atom stereocenters. The molecule has 0 amide bonds. The molecule has 14 heavy (non-hydrogen) atoms. The lowest BCUT2D eigenvalue weighted by atomic mass is 10.1. The zero-order valence-corrected chi connectivity index (χ0v) is 9.71. The Bertz CT molecular complexity index is 173. The number of hydrogen-bond donors (Lipinski definition) is 2. The third kappa shape index (κ3) is 4.58. The lowest BCUT2D eigenvalue weighted by Gasteiger charge is -2.33. The summed E-state index contributed by atoms with van der Waals surface area (Å²) >= 11 is 0. The Hall–Kier alpha value is -0.610. The molecule has 84 valence electrons. The second kappa shape index (κ2) is 6.79. The van der Waals surface area contributed by atoms with Gasteiger partial charge in [-0.2, -0.15) is 0 Å². The zero-order chi connectivity index (χ0) is 11.1. The Kier molecular flexibility index (Phi) is 6.49. The van der Waals surface area contributed by atoms with Crippen molar-refractivity contribution in [1.82, 2.24) is 4.90 Å². The lowest BCUT2D eigenvalue weighted by molar-refractivity contribution is 0.0802. The molecule has 0 saturated heterocycles. The van der Waals surface area contributed by atoms with E-state index in [1.54, 1.807) is 7.11 Å². The topological polar surface area (TPSA) is 62.3 Å². The molecule has 0 aromatic rings. The molecule has 0 saturated carbocycles. The van der Waals surface area contributed by atoms with Gasteiger partial charge < -0.3 is 10.5 Å². The number of rotatable bonds is 7. The van der Waals surface area contributed by atoms with Crippen LogP contribution in [0.1, 0.15) is 27.2 Å². The Labute approximate surface area is 86.9 Å². The van der Waals surface area contributed by atoms with Crippen molar-refractivity contribution in [1.29, 1.82) is 5.41 Å². The summed E-state index contributed by atoms with van der Waals surface area (Å²) in [4.78, 5) is 2.30. The third-order valence-corrected chi connectivity index (χ3v) is 2.42. The van der Waals surface area contributed by atoms with E-state index >= 15 is 0 Å². The van der Waals surface area contributed by atoms with E-state index in [4.69, 9.17) is 15.9 Å². The van der Waals surface area contributed by atoms with E-state index in [0.717, 1.165) is 13.2 Å². The molecule has 0 rings (SSSR count). The van der Waals surface area contributed by atoms with E-state index in [-0.39, 0.29) is 5.84 Å². The highest BCUT2D eigenvalue weighted by molar-refractivity contribution is 5.77. The molecule has 0 heterocycles. The molecule has 3 N–H and O–H groups in total. The van der Waals surface area contributed by atoms with Crippen LogP contribution in [0.2, 0.25) is 0 Å². The van der Waals surface area contributed by atoms with Crippen molar-refractivity contribution in [3.05, 3.63) is 0 Å². The fraction of sp³-hybridized carbons (Fsp3) is 0.900. The quantitative estimate of drug-likeness (QED) is 0.478. The fourth-order valence-corrected chi connectivity index (χ4v) is 1.83. The van der Waals surface area contributed by atoms with Crippen LogP contribution in [-0.2, 0) is 4.74 Å². The predicted molar refractivity (Wildman–Crippen MR) is 59.7 cm³/mol. The van der Waals surface area contributed by atoms with E-state index in [2.05, 4.69) is 25.7 Å². The Balaban J connectivity index is 4.16. The second-order valence-corrected chi connectivity index (χ2v) is 3.71. The van der Waals surface area contributed by atoms with Gasteiger partial charge >= 0.3 is 0 Å². The molecule has 0 aromatic heterocycles. The van der Waals surface area contributed by atoms with Crippen LogP contribution in [0.4, 0.5) is 0 Å². The van der Waals surface area contributed by atoms with E-state index in [1.807, 2.05) is 0 Å². The Morgan fingerprint density at radius 1 is 1.43 bits per heavy atom. The van der Waals surface area contributed by atoms with Crippen LogP contribution >= 0.6 is 0 Å². The van der Waals surface area contributed by atoms with Crippen LogP contribution in [-0.4, -0.2) is 43.1 Å². The average Bonchev–Trinajstić information content (AvgIpc) is 2.04. The van der Waals surface area contributed by atoms with Crippen molar-refractivity contribution in [2.24, 2.45) is 5.73 Å². The maximum Gasteiger partial charge on any atom is 0.0920 e. The molecule has 0 fully saturated rings. The second-order valence-electron chi connectivity index (χ2n) is 3.71. The van der Waals surface area contributed by atoms with E-state index in [9.17, 15) is 0 Å². The number of nitrogens with one attached hydrogen (secondary N) is 1. The normalized spacial score (nSPS) is 15.5. The summed E-state index contributed by atoms with van der Waals surface area (Å²) in [5.41, 5.74) is 5.39. The van der Waals surface area contributed by atoms with Crippen molar-refractivity contribution >= 4 is 5.84 Å². The molecule has 0 spiro atoms. The first kappa shape index (κ1) is 13.4. The summed E-state index contributed by atoms with van der Waals surface area (Å²) in [5, 5.41) is 7.26. The van der Waals surface area contributed by atoms with Gasteiger partial charge in [-0.05, 0) is 20.4 Å². The Morgan fingerprint density at radius 3 is 2.36 bits per heavy atom. The lowest BCUT2D eigenvalue weighted by Crippen LogP contribution is -2.43. The standard InChI is InChI=1S/C10H23N3O/c1-5-13(9(3)7-14-4)8(2)6-10(11)12/h8-9H,5-7H2,1-4H3,(H3,11,12). The van der Waals surface area contributed by atoms with Gasteiger partial charge in [0.25, 0.3) is 0 Å². The number of nitrogens with two attached hydrogens (primary N) is 1. The maximum atomic E-state index is 7.26. The van der Waals surface area contributed by atoms with Gasteiger partial charge in [-0.3, -0.25) is 10.3 Å². The average molecular weight is 201 g/mol. The van der Waals surface area contributed by atoms with Gasteiger partial charge in [-0.15, -0.1) is 0 Å². The van der Waals surface area contributed by atoms with Crippen molar-refractivity contribution in [2.75, 3.05) is 20.3 Å². The summed E-state index contributed by atoms with van der Waals surface area (Å²) in [7, 11) is 1.71. The molecular weight excluding hydrogens is 178 g/mol. The van der Waals surface area contributed by atoms with Gasteiger partial charge in [0.1, 0.15) is 0 Å². The largest absolute Gasteiger partial charge is 0.388 e. The van der Waals surface area contributed by atoms with Crippen LogP contribution in [0.5, 0.6) is 0 Å². The third-order valence-electron chi connectivity index (χ3n) is 2.42. The molecule has 0 radical (unpaired) electrons. The van der Waals surface area contributed by atoms with Gasteiger partial charge in [0.15, 0.2) is 0 Å². The molecule has 0 aliphatic carbocycles. The first-order chi connectivity index (χ1) is 6.52. The minimum Gasteiger partial charge on any atom is -0.388 e. The van der Waals surface area contributed by atoms with E-state index in [1.165, 1.54) is 0 Å². The van der Waals surface area contributed by atoms with Crippen molar-refractivity contribution in [3.63, 3.8) is 0 Å². The van der Waals surface area contributed by atoms with Crippen molar-refractivity contribution in [3.8, 4) is 0 Å². The van der Waals surface area contributed by atoms with E-state index < -0.39 is 0 Å². The smallest absolute Gasteiger partial charge is 0.0920 e. The predicted octanol–water partition coefficient (Wildman–Crippen LogP) is 1.06. The monoisotopic (exact) mass is 201 g/mol. The highest BCUT2D eigenvalue weighted by atomic mass is 16.5.